The Morgan fingerprint density at radius 1 is 1.35 bits per heavy atom. The smallest absolute Gasteiger partial charge is 0.120 e. The molecule has 1 atom stereocenters. The lowest BCUT2D eigenvalue weighted by atomic mass is 10.0. The van der Waals surface area contributed by atoms with Gasteiger partial charge in [-0.05, 0) is 61.0 Å². The Bertz CT molecular complexity index is 574. The lowest BCUT2D eigenvalue weighted by molar-refractivity contribution is 0.302. The Morgan fingerprint density at radius 2 is 2.20 bits per heavy atom. The molecule has 3 heteroatoms. The number of hydrogen-bond acceptors (Lipinski definition) is 3. The van der Waals surface area contributed by atoms with Crippen molar-refractivity contribution in [3.8, 4) is 5.75 Å². The monoisotopic (exact) mass is 287 g/mol. The maximum Gasteiger partial charge on any atom is 0.120 e. The van der Waals surface area contributed by atoms with E-state index in [0.717, 1.165) is 12.3 Å². The number of benzene rings is 1. The van der Waals surface area contributed by atoms with Gasteiger partial charge >= 0.3 is 0 Å². The molecule has 0 radical (unpaired) electrons. The number of aryl methyl sites for hydroxylation is 1. The zero-order valence-electron chi connectivity index (χ0n) is 12.1. The molecule has 0 aliphatic heterocycles. The van der Waals surface area contributed by atoms with Crippen LogP contribution in [0.25, 0.3) is 0 Å². The molecule has 106 valence electrons. The molecule has 1 fully saturated rings. The van der Waals surface area contributed by atoms with E-state index in [-0.39, 0.29) is 6.04 Å². The number of ether oxygens (including phenoxy) is 1. The van der Waals surface area contributed by atoms with Crippen molar-refractivity contribution in [2.75, 3.05) is 6.54 Å². The van der Waals surface area contributed by atoms with Crippen LogP contribution in [-0.4, -0.2) is 12.6 Å². The summed E-state index contributed by atoms with van der Waals surface area (Å²) in [6.07, 6.45) is 2.85. The fraction of sp³-hybridized carbons (Fsp3) is 0.412. The van der Waals surface area contributed by atoms with Crippen LogP contribution in [0, 0.1) is 6.92 Å². The molecule has 0 saturated heterocycles. The summed E-state index contributed by atoms with van der Waals surface area (Å²) in [4.78, 5) is 1.40. The predicted molar refractivity (Wildman–Crippen MR) is 84.7 cm³/mol. The minimum Gasteiger partial charge on any atom is -0.490 e. The van der Waals surface area contributed by atoms with Gasteiger partial charge in [0.25, 0.3) is 0 Å². The highest BCUT2D eigenvalue weighted by Crippen LogP contribution is 2.32. The average molecular weight is 287 g/mol. The van der Waals surface area contributed by atoms with E-state index in [9.17, 15) is 0 Å². The van der Waals surface area contributed by atoms with E-state index in [0.29, 0.717) is 6.10 Å². The average Bonchev–Trinajstić information content (AvgIpc) is 3.16. The van der Waals surface area contributed by atoms with Gasteiger partial charge in [0, 0.05) is 4.88 Å². The summed E-state index contributed by atoms with van der Waals surface area (Å²) in [5.74, 6) is 1.00. The molecule has 20 heavy (non-hydrogen) atoms. The normalized spacial score (nSPS) is 16.1. The molecule has 1 aromatic heterocycles. The van der Waals surface area contributed by atoms with Crippen LogP contribution in [0.1, 0.15) is 41.8 Å². The summed E-state index contributed by atoms with van der Waals surface area (Å²) in [6, 6.07) is 11.0. The van der Waals surface area contributed by atoms with E-state index in [4.69, 9.17) is 4.74 Å². The first-order chi connectivity index (χ1) is 9.78. The molecule has 2 nitrogen and oxygen atoms in total. The van der Waals surface area contributed by atoms with Crippen molar-refractivity contribution in [3.63, 3.8) is 0 Å². The van der Waals surface area contributed by atoms with Crippen molar-refractivity contribution in [1.29, 1.82) is 0 Å². The number of rotatable bonds is 6. The fourth-order valence-corrected chi connectivity index (χ4v) is 3.42. The minimum atomic E-state index is 0.266. The van der Waals surface area contributed by atoms with Gasteiger partial charge in [-0.1, -0.05) is 19.1 Å². The lowest BCUT2D eigenvalue weighted by Gasteiger charge is -2.19. The molecule has 0 bridgehead atoms. The molecule has 0 amide bonds. The van der Waals surface area contributed by atoms with Crippen LogP contribution in [-0.2, 0) is 0 Å². The first-order valence-corrected chi connectivity index (χ1v) is 8.20. The fourth-order valence-electron chi connectivity index (χ4n) is 2.39. The molecule has 0 spiro atoms. The molecule has 1 N–H and O–H groups in total. The molecule has 1 aliphatic rings. The summed E-state index contributed by atoms with van der Waals surface area (Å²) in [6.45, 7) is 5.29. The molecule has 1 unspecified atom stereocenters. The third kappa shape index (κ3) is 3.05. The second kappa shape index (κ2) is 5.98. The number of nitrogens with one attached hydrogen (secondary N) is 1. The molecule has 1 heterocycles. The second-order valence-corrected chi connectivity index (χ2v) is 6.30. The van der Waals surface area contributed by atoms with E-state index < -0.39 is 0 Å². The number of thiophene rings is 1. The van der Waals surface area contributed by atoms with Gasteiger partial charge in [-0.3, -0.25) is 0 Å². The van der Waals surface area contributed by atoms with E-state index in [1.165, 1.54) is 28.8 Å². The standard InChI is InChI=1S/C17H21NOS/c1-3-18-16(17-12(2)9-10-20-17)13-5-4-6-15(11-13)19-14-7-8-14/h4-6,9-11,14,16,18H,3,7-8H2,1-2H3. The van der Waals surface area contributed by atoms with Crippen LogP contribution in [0.15, 0.2) is 35.7 Å². The summed E-state index contributed by atoms with van der Waals surface area (Å²) in [5.41, 5.74) is 2.64. The molecular formula is C17H21NOS. The van der Waals surface area contributed by atoms with Crippen LogP contribution >= 0.6 is 11.3 Å². The lowest BCUT2D eigenvalue weighted by Crippen LogP contribution is -2.21. The maximum atomic E-state index is 5.92. The number of hydrogen-bond donors (Lipinski definition) is 1. The molecule has 1 aliphatic carbocycles. The van der Waals surface area contributed by atoms with Gasteiger partial charge in [-0.2, -0.15) is 0 Å². The summed E-state index contributed by atoms with van der Waals surface area (Å²) in [5, 5.41) is 5.76. The van der Waals surface area contributed by atoms with Crippen molar-refractivity contribution in [1.82, 2.24) is 5.32 Å². The van der Waals surface area contributed by atoms with Crippen molar-refractivity contribution < 1.29 is 4.74 Å². The highest BCUT2D eigenvalue weighted by Gasteiger charge is 2.24. The Labute approximate surface area is 124 Å². The van der Waals surface area contributed by atoms with E-state index >= 15 is 0 Å². The van der Waals surface area contributed by atoms with Gasteiger partial charge in [0.1, 0.15) is 5.75 Å². The zero-order chi connectivity index (χ0) is 13.9. The van der Waals surface area contributed by atoms with Gasteiger partial charge in [0.2, 0.25) is 0 Å². The predicted octanol–water partition coefficient (Wildman–Crippen LogP) is 4.30. The molecule has 2 aromatic rings. The van der Waals surface area contributed by atoms with Crippen LogP contribution in [0.4, 0.5) is 0 Å². The maximum absolute atomic E-state index is 5.92. The van der Waals surface area contributed by atoms with Gasteiger partial charge in [0.15, 0.2) is 0 Å². The summed E-state index contributed by atoms with van der Waals surface area (Å²) in [7, 11) is 0. The highest BCUT2D eigenvalue weighted by molar-refractivity contribution is 7.10. The Balaban J connectivity index is 1.88. The topological polar surface area (TPSA) is 21.3 Å². The quantitative estimate of drug-likeness (QED) is 0.855. The summed E-state index contributed by atoms with van der Waals surface area (Å²) < 4.78 is 5.92. The minimum absolute atomic E-state index is 0.266. The Morgan fingerprint density at radius 3 is 2.85 bits per heavy atom. The first kappa shape index (κ1) is 13.7. The van der Waals surface area contributed by atoms with Crippen LogP contribution < -0.4 is 10.1 Å². The van der Waals surface area contributed by atoms with Crippen LogP contribution in [0.3, 0.4) is 0 Å². The molecule has 1 saturated carbocycles. The van der Waals surface area contributed by atoms with Crippen molar-refractivity contribution in [2.24, 2.45) is 0 Å². The van der Waals surface area contributed by atoms with Crippen molar-refractivity contribution in [3.05, 3.63) is 51.7 Å². The van der Waals surface area contributed by atoms with E-state index in [2.05, 4.69) is 54.9 Å². The van der Waals surface area contributed by atoms with Crippen LogP contribution in [0.5, 0.6) is 5.75 Å². The van der Waals surface area contributed by atoms with Crippen LogP contribution in [0.2, 0.25) is 0 Å². The SMILES string of the molecule is CCNC(c1cccc(OC2CC2)c1)c1sccc1C. The Hall–Kier alpha value is -1.32. The summed E-state index contributed by atoms with van der Waals surface area (Å²) >= 11 is 1.82. The largest absolute Gasteiger partial charge is 0.490 e. The first-order valence-electron chi connectivity index (χ1n) is 7.32. The molecule has 3 rings (SSSR count). The third-order valence-corrected chi connectivity index (χ3v) is 4.67. The zero-order valence-corrected chi connectivity index (χ0v) is 12.9. The van der Waals surface area contributed by atoms with E-state index in [1.807, 2.05) is 11.3 Å². The van der Waals surface area contributed by atoms with Gasteiger partial charge in [-0.25, -0.2) is 0 Å². The third-order valence-electron chi connectivity index (χ3n) is 3.59. The highest BCUT2D eigenvalue weighted by atomic mass is 32.1. The van der Waals surface area contributed by atoms with Crippen molar-refractivity contribution >= 4 is 11.3 Å². The molecule has 1 aromatic carbocycles. The van der Waals surface area contributed by atoms with Crippen molar-refractivity contribution in [2.45, 2.75) is 38.8 Å². The second-order valence-electron chi connectivity index (χ2n) is 5.35. The van der Waals surface area contributed by atoms with Gasteiger partial charge < -0.3 is 10.1 Å². The van der Waals surface area contributed by atoms with E-state index in [1.54, 1.807) is 0 Å². The van der Waals surface area contributed by atoms with Gasteiger partial charge in [0.05, 0.1) is 12.1 Å². The molecular weight excluding hydrogens is 266 g/mol. The Kier molecular flexibility index (Phi) is 4.08. The van der Waals surface area contributed by atoms with Gasteiger partial charge in [-0.15, -0.1) is 11.3 Å².